The minimum Gasteiger partial charge on any atom is -0.310 e. The van der Waals surface area contributed by atoms with Crippen molar-refractivity contribution >= 4 is 48.6 Å². The first-order valence-electron chi connectivity index (χ1n) is 21.8. The van der Waals surface area contributed by atoms with Gasteiger partial charge in [0.1, 0.15) is 0 Å². The lowest BCUT2D eigenvalue weighted by molar-refractivity contribution is 0.793. The third-order valence-electron chi connectivity index (χ3n) is 13.5. The largest absolute Gasteiger partial charge is 0.310 e. The average molecular weight is 818 g/mol. The monoisotopic (exact) mass is 817 g/mol. The van der Waals surface area contributed by atoms with Gasteiger partial charge in [0.15, 0.2) is 0 Å². The summed E-state index contributed by atoms with van der Waals surface area (Å²) in [6.07, 6.45) is 0. The van der Waals surface area contributed by atoms with E-state index in [9.17, 15) is 0 Å². The third kappa shape index (κ3) is 5.35. The SMILES string of the molecule is c1ccc(-c2cc(-c3ccccc3)cc(N(c3ccc4c(c3)C3(c5ccccc5-c5ccccc53)c3ccccc3-4)c3ccccc3-c3cccc4sc5ccccc5c34)c2)cc1. The Morgan fingerprint density at radius 3 is 1.43 bits per heavy atom. The minimum absolute atomic E-state index is 0.470. The second-order valence-electron chi connectivity index (χ2n) is 16.7. The predicted octanol–water partition coefficient (Wildman–Crippen LogP) is 16.9. The van der Waals surface area contributed by atoms with Crippen LogP contribution >= 0.6 is 11.3 Å². The highest BCUT2D eigenvalue weighted by molar-refractivity contribution is 7.25. The van der Waals surface area contributed by atoms with Crippen LogP contribution in [0.25, 0.3) is 75.8 Å². The summed E-state index contributed by atoms with van der Waals surface area (Å²) in [7, 11) is 0. The molecule has 0 atom stereocenters. The van der Waals surface area contributed by atoms with Crippen molar-refractivity contribution in [2.24, 2.45) is 0 Å². The van der Waals surface area contributed by atoms with Crippen LogP contribution in [0.15, 0.2) is 237 Å². The fourth-order valence-corrected chi connectivity index (χ4v) is 12.0. The van der Waals surface area contributed by atoms with Crippen molar-refractivity contribution in [1.82, 2.24) is 0 Å². The van der Waals surface area contributed by atoms with E-state index in [0.717, 1.165) is 17.1 Å². The zero-order valence-corrected chi connectivity index (χ0v) is 35.2. The van der Waals surface area contributed by atoms with Gasteiger partial charge in [0.25, 0.3) is 0 Å². The topological polar surface area (TPSA) is 3.24 Å². The molecule has 1 nitrogen and oxygen atoms in total. The molecule has 0 radical (unpaired) electrons. The van der Waals surface area contributed by atoms with Crippen molar-refractivity contribution in [1.29, 1.82) is 0 Å². The third-order valence-corrected chi connectivity index (χ3v) is 14.6. The first-order valence-corrected chi connectivity index (χ1v) is 22.6. The van der Waals surface area contributed by atoms with Crippen LogP contribution < -0.4 is 4.90 Å². The molecular formula is C61H39NS. The molecule has 11 aromatic rings. The van der Waals surface area contributed by atoms with E-state index in [2.05, 4.69) is 241 Å². The number of para-hydroxylation sites is 1. The van der Waals surface area contributed by atoms with Crippen molar-refractivity contribution in [2.45, 2.75) is 5.41 Å². The molecule has 1 spiro atoms. The first-order chi connectivity index (χ1) is 31.3. The second kappa shape index (κ2) is 14.1. The van der Waals surface area contributed by atoms with Gasteiger partial charge in [-0.25, -0.2) is 0 Å². The van der Waals surface area contributed by atoms with E-state index in [1.165, 1.54) is 98.1 Å². The minimum atomic E-state index is -0.470. The molecule has 13 rings (SSSR count). The van der Waals surface area contributed by atoms with Crippen molar-refractivity contribution in [2.75, 3.05) is 4.90 Å². The van der Waals surface area contributed by atoms with Crippen molar-refractivity contribution in [3.8, 4) is 55.6 Å². The molecule has 294 valence electrons. The smallest absolute Gasteiger partial charge is 0.0726 e. The Balaban J connectivity index is 1.12. The lowest BCUT2D eigenvalue weighted by Crippen LogP contribution is -2.26. The van der Waals surface area contributed by atoms with Crippen LogP contribution in [0.5, 0.6) is 0 Å². The van der Waals surface area contributed by atoms with Gasteiger partial charge >= 0.3 is 0 Å². The average Bonchev–Trinajstić information content (AvgIpc) is 3.99. The van der Waals surface area contributed by atoms with Crippen LogP contribution in [0.3, 0.4) is 0 Å². The zero-order chi connectivity index (χ0) is 41.5. The van der Waals surface area contributed by atoms with E-state index < -0.39 is 5.41 Å². The lowest BCUT2D eigenvalue weighted by atomic mass is 9.70. The van der Waals surface area contributed by atoms with Gasteiger partial charge in [-0.1, -0.05) is 188 Å². The van der Waals surface area contributed by atoms with Crippen molar-refractivity contribution < 1.29 is 0 Å². The number of hydrogen-bond donors (Lipinski definition) is 0. The Kier molecular flexibility index (Phi) is 8.06. The van der Waals surface area contributed by atoms with Crippen molar-refractivity contribution in [3.05, 3.63) is 259 Å². The molecule has 0 aliphatic heterocycles. The number of anilines is 3. The summed E-state index contributed by atoms with van der Waals surface area (Å²) in [6, 6.07) is 88.0. The van der Waals surface area contributed by atoms with Crippen LogP contribution in [-0.2, 0) is 5.41 Å². The molecule has 0 N–H and O–H groups in total. The summed E-state index contributed by atoms with van der Waals surface area (Å²) < 4.78 is 2.60. The highest BCUT2D eigenvalue weighted by Crippen LogP contribution is 2.63. The quantitative estimate of drug-likeness (QED) is 0.162. The van der Waals surface area contributed by atoms with Crippen LogP contribution in [0, 0.1) is 0 Å². The summed E-state index contributed by atoms with van der Waals surface area (Å²) in [6.45, 7) is 0. The Labute approximate surface area is 371 Å². The van der Waals surface area contributed by atoms with Crippen LogP contribution in [0.1, 0.15) is 22.3 Å². The van der Waals surface area contributed by atoms with E-state index in [1.807, 2.05) is 11.3 Å². The highest BCUT2D eigenvalue weighted by Gasteiger charge is 2.51. The van der Waals surface area contributed by atoms with Gasteiger partial charge in [-0.2, -0.15) is 0 Å². The molecule has 0 fully saturated rings. The van der Waals surface area contributed by atoms with E-state index in [0.29, 0.717) is 0 Å². The molecule has 0 amide bonds. The molecule has 2 aliphatic carbocycles. The van der Waals surface area contributed by atoms with Gasteiger partial charge < -0.3 is 4.90 Å². The number of thiophene rings is 1. The van der Waals surface area contributed by atoms with Crippen LogP contribution in [-0.4, -0.2) is 0 Å². The Morgan fingerprint density at radius 1 is 0.302 bits per heavy atom. The Hall–Kier alpha value is -7.78. The Bertz CT molecular complexity index is 3460. The zero-order valence-electron chi connectivity index (χ0n) is 34.4. The fourth-order valence-electron chi connectivity index (χ4n) is 10.9. The van der Waals surface area contributed by atoms with Gasteiger partial charge in [0, 0.05) is 37.1 Å². The summed E-state index contributed by atoms with van der Waals surface area (Å²) in [5, 5.41) is 2.60. The van der Waals surface area contributed by atoms with E-state index in [4.69, 9.17) is 0 Å². The Morgan fingerprint density at radius 2 is 0.794 bits per heavy atom. The number of rotatable bonds is 6. The standard InChI is InChI=1S/C61H39NS/c1-3-18-40(19-4-1)42-36-43(41-20-5-2-6-21-41)38-45(37-42)62(57-31-15-10-25-50(57)51-27-17-33-59-60(51)52-26-11-16-32-58(52)63-59)44-34-35-49-48-24-9-14-30-55(48)61(56(49)39-44)53-28-12-7-22-46(53)47-23-8-13-29-54(47)61/h1-39H. The maximum Gasteiger partial charge on any atom is 0.0726 e. The maximum absolute atomic E-state index is 2.53. The predicted molar refractivity (Wildman–Crippen MR) is 267 cm³/mol. The molecule has 0 saturated carbocycles. The summed E-state index contributed by atoms with van der Waals surface area (Å²) in [5.41, 5.74) is 20.5. The van der Waals surface area contributed by atoms with E-state index in [1.54, 1.807) is 0 Å². The molecule has 1 aromatic heterocycles. The molecule has 0 bridgehead atoms. The van der Waals surface area contributed by atoms with Gasteiger partial charge in [0.2, 0.25) is 0 Å². The van der Waals surface area contributed by atoms with Crippen molar-refractivity contribution in [3.63, 3.8) is 0 Å². The highest BCUT2D eigenvalue weighted by atomic mass is 32.1. The van der Waals surface area contributed by atoms with Crippen LogP contribution in [0.2, 0.25) is 0 Å². The summed E-state index contributed by atoms with van der Waals surface area (Å²) >= 11 is 1.87. The molecule has 10 aromatic carbocycles. The molecule has 2 aliphatic rings. The number of fused-ring (bicyclic) bond motifs is 13. The second-order valence-corrected chi connectivity index (χ2v) is 17.8. The first kappa shape index (κ1) is 35.9. The number of nitrogens with zero attached hydrogens (tertiary/aromatic N) is 1. The summed E-state index contributed by atoms with van der Waals surface area (Å²) in [5.74, 6) is 0. The van der Waals surface area contributed by atoms with E-state index in [-0.39, 0.29) is 0 Å². The molecular weight excluding hydrogens is 779 g/mol. The van der Waals surface area contributed by atoms with E-state index >= 15 is 0 Å². The molecule has 2 heteroatoms. The lowest BCUT2D eigenvalue weighted by Gasteiger charge is -2.33. The fraction of sp³-hybridized carbons (Fsp3) is 0.0164. The van der Waals surface area contributed by atoms with Gasteiger partial charge in [-0.3, -0.25) is 0 Å². The number of benzene rings is 10. The normalized spacial score (nSPS) is 12.9. The molecule has 63 heavy (non-hydrogen) atoms. The maximum atomic E-state index is 2.53. The van der Waals surface area contributed by atoms with Gasteiger partial charge in [-0.05, 0) is 121 Å². The van der Waals surface area contributed by atoms with Gasteiger partial charge in [0.05, 0.1) is 11.1 Å². The molecule has 0 unspecified atom stereocenters. The number of hydrogen-bond acceptors (Lipinski definition) is 2. The summed E-state index contributed by atoms with van der Waals surface area (Å²) in [4.78, 5) is 2.53. The van der Waals surface area contributed by atoms with Gasteiger partial charge in [-0.15, -0.1) is 11.3 Å². The molecule has 1 heterocycles. The molecule has 0 saturated heterocycles. The van der Waals surface area contributed by atoms with Crippen LogP contribution in [0.4, 0.5) is 17.1 Å².